The molecule has 0 radical (unpaired) electrons. The van der Waals surface area contributed by atoms with Crippen molar-refractivity contribution in [3.8, 4) is 11.5 Å². The Morgan fingerprint density at radius 3 is 2.36 bits per heavy atom. The van der Waals surface area contributed by atoms with Gasteiger partial charge in [-0.25, -0.2) is 10.4 Å². The largest absolute Gasteiger partial charge is 0.573 e. The SMILES string of the molecule is [N-]=[N+]=NCc1ccccc1[C@@H]1OC(c2ccc(OCCCO)cc2)=N[C@]1(Cc1ccccc1Br)C(=O)NNCc1ccc(OC(F)(F)F)cc1. The highest BCUT2D eigenvalue weighted by Crippen LogP contribution is 2.44. The lowest BCUT2D eigenvalue weighted by molar-refractivity contribution is -0.274. The van der Waals surface area contributed by atoms with Crippen molar-refractivity contribution < 1.29 is 37.3 Å². The third kappa shape index (κ3) is 9.12. The zero-order valence-electron chi connectivity index (χ0n) is 26.4. The summed E-state index contributed by atoms with van der Waals surface area (Å²) in [6, 6.07) is 26.8. The molecular weight excluding hydrogens is 721 g/mol. The van der Waals surface area contributed by atoms with Crippen LogP contribution in [0.25, 0.3) is 10.4 Å². The highest BCUT2D eigenvalue weighted by atomic mass is 79.9. The molecule has 1 aliphatic rings. The van der Waals surface area contributed by atoms with E-state index >= 15 is 0 Å². The Hall–Kier alpha value is -5.08. The second-order valence-corrected chi connectivity index (χ2v) is 12.0. The van der Waals surface area contributed by atoms with Gasteiger partial charge in [0.05, 0.1) is 13.2 Å². The lowest BCUT2D eigenvalue weighted by Gasteiger charge is -2.32. The number of alkyl halides is 3. The number of amides is 1. The number of nitrogens with zero attached hydrogens (tertiary/aromatic N) is 4. The molecule has 1 heterocycles. The van der Waals surface area contributed by atoms with E-state index in [0.717, 1.165) is 10.0 Å². The number of hydrogen-bond acceptors (Lipinski definition) is 8. The number of azide groups is 1. The summed E-state index contributed by atoms with van der Waals surface area (Å²) in [6.45, 7) is 0.410. The molecule has 0 spiro atoms. The monoisotopic (exact) mass is 752 g/mol. The van der Waals surface area contributed by atoms with E-state index < -0.39 is 23.9 Å². The third-order valence-electron chi connectivity index (χ3n) is 7.74. The summed E-state index contributed by atoms with van der Waals surface area (Å²) in [5.74, 6) is -0.142. The van der Waals surface area contributed by atoms with Gasteiger partial charge in [0.1, 0.15) is 11.5 Å². The number of carbonyl (C=O) groups excluding carboxylic acids is 1. The molecular formula is C35H32BrF3N6O5. The van der Waals surface area contributed by atoms with Crippen LogP contribution in [0.4, 0.5) is 13.2 Å². The fourth-order valence-electron chi connectivity index (χ4n) is 5.38. The maximum absolute atomic E-state index is 14.5. The summed E-state index contributed by atoms with van der Waals surface area (Å²) in [4.78, 5) is 22.4. The predicted octanol–water partition coefficient (Wildman–Crippen LogP) is 7.24. The van der Waals surface area contributed by atoms with Gasteiger partial charge in [0.2, 0.25) is 5.90 Å². The molecule has 4 aromatic rings. The fraction of sp³-hybridized carbons (Fsp3) is 0.257. The molecule has 0 aliphatic carbocycles. The van der Waals surface area contributed by atoms with Gasteiger partial charge in [0.15, 0.2) is 11.6 Å². The highest BCUT2D eigenvalue weighted by molar-refractivity contribution is 9.10. The Morgan fingerprint density at radius 2 is 1.68 bits per heavy atom. The Kier molecular flexibility index (Phi) is 12.0. The molecule has 0 fully saturated rings. The molecule has 0 unspecified atom stereocenters. The number of benzene rings is 4. The maximum Gasteiger partial charge on any atom is 0.573 e. The Balaban J connectivity index is 1.52. The quantitative estimate of drug-likeness (QED) is 0.0383. The predicted molar refractivity (Wildman–Crippen MR) is 182 cm³/mol. The van der Waals surface area contributed by atoms with Crippen LogP contribution in [0.5, 0.6) is 11.5 Å². The third-order valence-corrected chi connectivity index (χ3v) is 8.51. The average molecular weight is 754 g/mol. The van der Waals surface area contributed by atoms with Crippen LogP contribution < -0.4 is 20.3 Å². The number of aliphatic imine (C=N–C) groups is 1. The number of rotatable bonds is 15. The van der Waals surface area contributed by atoms with Gasteiger partial charge in [-0.05, 0) is 70.2 Å². The van der Waals surface area contributed by atoms with Gasteiger partial charge >= 0.3 is 6.36 Å². The zero-order chi connectivity index (χ0) is 35.6. The molecule has 0 aromatic heterocycles. The minimum absolute atomic E-state index is 0.000765. The van der Waals surface area contributed by atoms with Gasteiger partial charge in [0.25, 0.3) is 5.91 Å². The van der Waals surface area contributed by atoms with Crippen LogP contribution in [0, 0.1) is 0 Å². The second kappa shape index (κ2) is 16.5. The van der Waals surface area contributed by atoms with Crippen LogP contribution in [-0.4, -0.2) is 42.0 Å². The molecule has 0 bridgehead atoms. The van der Waals surface area contributed by atoms with E-state index in [1.807, 2.05) is 24.3 Å². The first-order chi connectivity index (χ1) is 24.1. The van der Waals surface area contributed by atoms with Crippen molar-refractivity contribution in [2.24, 2.45) is 10.1 Å². The number of hydrogen-bond donors (Lipinski definition) is 3. The molecule has 5 rings (SSSR count). The second-order valence-electron chi connectivity index (χ2n) is 11.1. The summed E-state index contributed by atoms with van der Waals surface area (Å²) >= 11 is 3.60. The van der Waals surface area contributed by atoms with Crippen molar-refractivity contribution in [2.75, 3.05) is 13.2 Å². The van der Waals surface area contributed by atoms with E-state index in [4.69, 9.17) is 25.1 Å². The lowest BCUT2D eigenvalue weighted by atomic mass is 9.80. The van der Waals surface area contributed by atoms with Crippen molar-refractivity contribution in [2.45, 2.75) is 43.9 Å². The molecule has 0 saturated carbocycles. The number of hydrazine groups is 1. The first kappa shape index (κ1) is 36.2. The molecule has 0 saturated heterocycles. The lowest BCUT2D eigenvalue weighted by Crippen LogP contribution is -2.53. The van der Waals surface area contributed by atoms with E-state index in [-0.39, 0.29) is 37.8 Å². The fourth-order valence-corrected chi connectivity index (χ4v) is 5.80. The van der Waals surface area contributed by atoms with E-state index in [9.17, 15) is 18.0 Å². The van der Waals surface area contributed by atoms with Crippen LogP contribution in [0.3, 0.4) is 0 Å². The number of carbonyl (C=O) groups is 1. The first-order valence-electron chi connectivity index (χ1n) is 15.4. The van der Waals surface area contributed by atoms with Crippen molar-refractivity contribution >= 4 is 27.7 Å². The first-order valence-corrected chi connectivity index (χ1v) is 16.2. The molecule has 3 N–H and O–H groups in total. The van der Waals surface area contributed by atoms with Gasteiger partial charge < -0.3 is 19.3 Å². The smallest absolute Gasteiger partial charge is 0.494 e. The molecule has 11 nitrogen and oxygen atoms in total. The van der Waals surface area contributed by atoms with Crippen molar-refractivity contribution in [1.29, 1.82) is 0 Å². The van der Waals surface area contributed by atoms with E-state index in [1.54, 1.807) is 48.5 Å². The standard InChI is InChI=1S/C35H32BrF3N6O5/c36-30-9-4-2-6-25(30)20-34(33(47)44-41-21-23-10-14-28(15-11-23)50-35(37,38)39)31(29-8-3-1-7-26(29)22-42-45-40)49-32(43-34)24-12-16-27(17-13-24)48-19-5-18-46/h1-4,6-17,31,41,46H,5,18-22H2,(H,44,47)/t31-,34-/m0/s1. The molecule has 4 aromatic carbocycles. The number of ether oxygens (including phenoxy) is 3. The minimum atomic E-state index is -4.81. The number of aliphatic hydroxyl groups excluding tert-OH is 1. The van der Waals surface area contributed by atoms with Gasteiger partial charge in [0, 0.05) is 40.9 Å². The van der Waals surface area contributed by atoms with Crippen molar-refractivity contribution in [3.05, 3.63) is 140 Å². The Morgan fingerprint density at radius 1 is 1.00 bits per heavy atom. The van der Waals surface area contributed by atoms with E-state index in [2.05, 4.69) is 41.5 Å². The van der Waals surface area contributed by atoms with Gasteiger partial charge in [-0.1, -0.05) is 75.6 Å². The zero-order valence-corrected chi connectivity index (χ0v) is 28.0. The number of halogens is 4. The van der Waals surface area contributed by atoms with Crippen molar-refractivity contribution in [1.82, 2.24) is 10.9 Å². The molecule has 1 amide bonds. The van der Waals surface area contributed by atoms with Crippen LogP contribution >= 0.6 is 15.9 Å². The summed E-state index contributed by atoms with van der Waals surface area (Å²) < 4.78 is 54.8. The molecule has 260 valence electrons. The maximum atomic E-state index is 14.5. The van der Waals surface area contributed by atoms with Crippen LogP contribution in [0.1, 0.15) is 40.3 Å². The Labute approximate surface area is 293 Å². The van der Waals surface area contributed by atoms with Crippen molar-refractivity contribution in [3.63, 3.8) is 0 Å². The van der Waals surface area contributed by atoms with Crippen LogP contribution in [0.15, 0.2) is 112 Å². The summed E-state index contributed by atoms with van der Waals surface area (Å²) in [7, 11) is 0. The van der Waals surface area contributed by atoms with E-state index in [1.165, 1.54) is 24.3 Å². The summed E-state index contributed by atoms with van der Waals surface area (Å²) in [5, 5.41) is 12.8. The molecule has 2 atom stereocenters. The minimum Gasteiger partial charge on any atom is -0.494 e. The topological polar surface area (TPSA) is 150 Å². The van der Waals surface area contributed by atoms with Crippen LogP contribution in [-0.2, 0) is 29.0 Å². The van der Waals surface area contributed by atoms with Gasteiger partial charge in [-0.15, -0.1) is 13.2 Å². The average Bonchev–Trinajstić information content (AvgIpc) is 3.49. The summed E-state index contributed by atoms with van der Waals surface area (Å²) in [5.41, 5.74) is 16.2. The van der Waals surface area contributed by atoms with Gasteiger partial charge in [-0.2, -0.15) is 0 Å². The molecule has 15 heteroatoms. The van der Waals surface area contributed by atoms with E-state index in [0.29, 0.717) is 41.0 Å². The summed E-state index contributed by atoms with van der Waals surface area (Å²) in [6.07, 6.45) is -5.24. The van der Waals surface area contributed by atoms with Crippen LogP contribution in [0.2, 0.25) is 0 Å². The molecule has 50 heavy (non-hydrogen) atoms. The number of nitrogens with one attached hydrogen (secondary N) is 2. The molecule has 1 aliphatic heterocycles. The normalized spacial score (nSPS) is 16.9. The van der Waals surface area contributed by atoms with Gasteiger partial charge in [-0.3, -0.25) is 10.2 Å². The highest BCUT2D eigenvalue weighted by Gasteiger charge is 2.54. The number of aliphatic hydroxyl groups is 1. The Bertz CT molecular complexity index is 1850.